The highest BCUT2D eigenvalue weighted by molar-refractivity contribution is 5.83. The van der Waals surface area contributed by atoms with E-state index < -0.39 is 6.04 Å². The molecule has 4 nitrogen and oxygen atoms in total. The molecular formula is C17H29N3O. The van der Waals surface area contributed by atoms with Gasteiger partial charge in [-0.25, -0.2) is 0 Å². The summed E-state index contributed by atoms with van der Waals surface area (Å²) in [6.07, 6.45) is 6.45. The summed E-state index contributed by atoms with van der Waals surface area (Å²) in [5.41, 5.74) is 6.41. The lowest BCUT2D eigenvalue weighted by Crippen LogP contribution is -2.54. The van der Waals surface area contributed by atoms with Gasteiger partial charge < -0.3 is 10.6 Å². The van der Waals surface area contributed by atoms with Crippen LogP contribution in [0.3, 0.4) is 0 Å². The van der Waals surface area contributed by atoms with Crippen LogP contribution < -0.4 is 5.73 Å². The Morgan fingerprint density at radius 3 is 2.43 bits per heavy atom. The van der Waals surface area contributed by atoms with Crippen molar-refractivity contribution in [3.05, 3.63) is 0 Å². The van der Waals surface area contributed by atoms with Crippen LogP contribution >= 0.6 is 0 Å². The molecule has 2 aliphatic rings. The molecule has 2 atom stereocenters. The molecule has 0 unspecified atom stereocenters. The maximum absolute atomic E-state index is 12.9. The van der Waals surface area contributed by atoms with Crippen molar-refractivity contribution < 1.29 is 4.79 Å². The number of hydrogen-bond donors (Lipinski definition) is 1. The summed E-state index contributed by atoms with van der Waals surface area (Å²) in [5, 5.41) is 9.42. The standard InChI is InChI=1S/C17H29N3O/c1-4-20(14(11-18)9-12(2)3)16(21)15(19)17-7-5-13(10-17)6-8-17/h12-15H,4-10,19H2,1-3H3/t13?,14-,15+,17?/m0/s1. The summed E-state index contributed by atoms with van der Waals surface area (Å²) in [6, 6.07) is 1.53. The molecule has 0 spiro atoms. The fourth-order valence-electron chi connectivity index (χ4n) is 4.34. The maximum atomic E-state index is 12.9. The second-order valence-electron chi connectivity index (χ2n) is 7.39. The number of amides is 1. The van der Waals surface area contributed by atoms with Gasteiger partial charge in [-0.15, -0.1) is 0 Å². The van der Waals surface area contributed by atoms with Gasteiger partial charge in [-0.3, -0.25) is 4.79 Å². The van der Waals surface area contributed by atoms with Crippen LogP contribution in [-0.2, 0) is 4.79 Å². The lowest BCUT2D eigenvalue weighted by molar-refractivity contribution is -0.137. The van der Waals surface area contributed by atoms with Crippen LogP contribution in [-0.4, -0.2) is 29.4 Å². The number of nitrogens with zero attached hydrogens (tertiary/aromatic N) is 2. The Labute approximate surface area is 128 Å². The van der Waals surface area contributed by atoms with Gasteiger partial charge in [0.25, 0.3) is 0 Å². The average Bonchev–Trinajstić information content (AvgIpc) is 3.07. The van der Waals surface area contributed by atoms with Crippen LogP contribution in [0.15, 0.2) is 0 Å². The number of nitrogens with two attached hydrogens (primary N) is 1. The summed E-state index contributed by atoms with van der Waals surface area (Å²) in [4.78, 5) is 14.6. The topological polar surface area (TPSA) is 70.1 Å². The minimum atomic E-state index is -0.423. The summed E-state index contributed by atoms with van der Waals surface area (Å²) >= 11 is 0. The predicted molar refractivity (Wildman–Crippen MR) is 83.2 cm³/mol. The molecule has 2 N–H and O–H groups in total. The Morgan fingerprint density at radius 2 is 2.05 bits per heavy atom. The Balaban J connectivity index is 2.10. The van der Waals surface area contributed by atoms with Gasteiger partial charge in [-0.05, 0) is 62.7 Å². The number of likely N-dealkylation sites (N-methyl/N-ethyl adjacent to an activating group) is 1. The summed E-state index contributed by atoms with van der Waals surface area (Å²) in [6.45, 7) is 6.68. The third-order valence-corrected chi connectivity index (χ3v) is 5.57. The minimum absolute atomic E-state index is 0.00718. The molecule has 2 saturated carbocycles. The first-order valence-electron chi connectivity index (χ1n) is 8.39. The van der Waals surface area contributed by atoms with Crippen molar-refractivity contribution in [1.29, 1.82) is 5.26 Å². The quantitative estimate of drug-likeness (QED) is 0.818. The Bertz CT molecular complexity index is 418. The van der Waals surface area contributed by atoms with E-state index >= 15 is 0 Å². The Morgan fingerprint density at radius 1 is 1.43 bits per heavy atom. The third-order valence-electron chi connectivity index (χ3n) is 5.57. The first-order valence-corrected chi connectivity index (χ1v) is 8.39. The van der Waals surface area contributed by atoms with Gasteiger partial charge in [0.15, 0.2) is 0 Å². The Hall–Kier alpha value is -1.08. The van der Waals surface area contributed by atoms with E-state index in [1.165, 1.54) is 12.8 Å². The van der Waals surface area contributed by atoms with E-state index in [1.54, 1.807) is 4.90 Å². The fraction of sp³-hybridized carbons (Fsp3) is 0.882. The van der Waals surface area contributed by atoms with E-state index in [-0.39, 0.29) is 17.4 Å². The molecule has 2 bridgehead atoms. The molecular weight excluding hydrogens is 262 g/mol. The van der Waals surface area contributed by atoms with Gasteiger partial charge in [0.05, 0.1) is 12.1 Å². The normalized spacial score (nSPS) is 30.2. The smallest absolute Gasteiger partial charge is 0.241 e. The minimum Gasteiger partial charge on any atom is -0.326 e. The zero-order valence-corrected chi connectivity index (χ0v) is 13.6. The van der Waals surface area contributed by atoms with Crippen molar-refractivity contribution in [3.63, 3.8) is 0 Å². The van der Waals surface area contributed by atoms with Crippen molar-refractivity contribution >= 4 is 5.91 Å². The number of hydrogen-bond acceptors (Lipinski definition) is 3. The number of carbonyl (C=O) groups excluding carboxylic acids is 1. The molecule has 2 rings (SSSR count). The van der Waals surface area contributed by atoms with Gasteiger partial charge in [0.2, 0.25) is 5.91 Å². The highest BCUT2D eigenvalue weighted by atomic mass is 16.2. The van der Waals surface area contributed by atoms with Gasteiger partial charge in [0, 0.05) is 6.54 Å². The summed E-state index contributed by atoms with van der Waals surface area (Å²) in [7, 11) is 0. The highest BCUT2D eigenvalue weighted by Gasteiger charge is 2.51. The number of nitriles is 1. The third kappa shape index (κ3) is 3.08. The summed E-state index contributed by atoms with van der Waals surface area (Å²) < 4.78 is 0. The number of carbonyl (C=O) groups is 1. The first-order chi connectivity index (χ1) is 9.93. The molecule has 21 heavy (non-hydrogen) atoms. The molecule has 2 fully saturated rings. The molecule has 0 heterocycles. The molecule has 0 aromatic rings. The highest BCUT2D eigenvalue weighted by Crippen LogP contribution is 2.55. The van der Waals surface area contributed by atoms with Crippen LogP contribution in [0.4, 0.5) is 0 Å². The average molecular weight is 291 g/mol. The van der Waals surface area contributed by atoms with Crippen molar-refractivity contribution in [2.45, 2.75) is 71.4 Å². The lowest BCUT2D eigenvalue weighted by atomic mass is 9.77. The number of fused-ring (bicyclic) bond motifs is 2. The van der Waals surface area contributed by atoms with Crippen LogP contribution in [0.5, 0.6) is 0 Å². The molecule has 0 aromatic carbocycles. The van der Waals surface area contributed by atoms with Crippen LogP contribution in [0.2, 0.25) is 0 Å². The molecule has 4 heteroatoms. The van der Waals surface area contributed by atoms with E-state index in [1.807, 2.05) is 6.92 Å². The SMILES string of the molecule is CCN(C(=O)[C@@H](N)C12CCC(CC1)C2)[C@H](C#N)CC(C)C. The second kappa shape index (κ2) is 6.36. The van der Waals surface area contributed by atoms with Crippen LogP contribution in [0.25, 0.3) is 0 Å². The predicted octanol–water partition coefficient (Wildman–Crippen LogP) is 2.68. The molecule has 0 aliphatic heterocycles. The summed E-state index contributed by atoms with van der Waals surface area (Å²) in [5.74, 6) is 1.17. The van der Waals surface area contributed by atoms with Crippen molar-refractivity contribution in [3.8, 4) is 6.07 Å². The zero-order chi connectivity index (χ0) is 15.6. The first kappa shape index (κ1) is 16.3. The molecule has 0 saturated heterocycles. The number of rotatable bonds is 6. The van der Waals surface area contributed by atoms with Gasteiger partial charge in [-0.1, -0.05) is 13.8 Å². The van der Waals surface area contributed by atoms with Crippen LogP contribution in [0.1, 0.15) is 59.3 Å². The van der Waals surface area contributed by atoms with Gasteiger partial charge >= 0.3 is 0 Å². The van der Waals surface area contributed by atoms with Crippen molar-refractivity contribution in [2.75, 3.05) is 6.54 Å². The lowest BCUT2D eigenvalue weighted by Gasteiger charge is -2.37. The van der Waals surface area contributed by atoms with Crippen molar-refractivity contribution in [1.82, 2.24) is 4.90 Å². The van der Waals surface area contributed by atoms with E-state index in [0.717, 1.165) is 31.6 Å². The van der Waals surface area contributed by atoms with Gasteiger partial charge in [0.1, 0.15) is 6.04 Å². The molecule has 1 amide bonds. The molecule has 0 aromatic heterocycles. The van der Waals surface area contributed by atoms with E-state index in [9.17, 15) is 10.1 Å². The molecule has 2 aliphatic carbocycles. The molecule has 0 radical (unpaired) electrons. The fourth-order valence-corrected chi connectivity index (χ4v) is 4.34. The van der Waals surface area contributed by atoms with E-state index in [4.69, 9.17) is 5.73 Å². The zero-order valence-electron chi connectivity index (χ0n) is 13.6. The monoisotopic (exact) mass is 291 g/mol. The van der Waals surface area contributed by atoms with E-state index in [2.05, 4.69) is 19.9 Å². The van der Waals surface area contributed by atoms with Gasteiger partial charge in [-0.2, -0.15) is 5.26 Å². The largest absolute Gasteiger partial charge is 0.326 e. The Kier molecular flexibility index (Phi) is 4.93. The maximum Gasteiger partial charge on any atom is 0.241 e. The molecule has 118 valence electrons. The van der Waals surface area contributed by atoms with Crippen molar-refractivity contribution in [2.24, 2.45) is 23.0 Å². The van der Waals surface area contributed by atoms with E-state index in [0.29, 0.717) is 12.5 Å². The van der Waals surface area contributed by atoms with Crippen LogP contribution in [0, 0.1) is 28.6 Å². The second-order valence-corrected chi connectivity index (χ2v) is 7.39.